The van der Waals surface area contributed by atoms with Crippen molar-refractivity contribution in [3.63, 3.8) is 0 Å². The number of hydrogen-bond donors (Lipinski definition) is 2. The lowest BCUT2D eigenvalue weighted by atomic mass is 9.78. The number of carboxylic acid groups (broad SMARTS) is 1. The number of nitrogens with two attached hydrogens (primary N) is 1. The van der Waals surface area contributed by atoms with E-state index in [9.17, 15) is 4.79 Å². The van der Waals surface area contributed by atoms with Gasteiger partial charge in [0.15, 0.2) is 0 Å². The monoisotopic (exact) mass is 219 g/mol. The third-order valence-electron chi connectivity index (χ3n) is 3.34. The van der Waals surface area contributed by atoms with Crippen LogP contribution in [0.2, 0.25) is 0 Å². The van der Waals surface area contributed by atoms with Crippen LogP contribution in [-0.2, 0) is 11.2 Å². The fraction of sp³-hybridized carbons (Fsp3) is 0.462. The van der Waals surface area contributed by atoms with E-state index in [0.29, 0.717) is 0 Å². The van der Waals surface area contributed by atoms with Crippen molar-refractivity contribution in [1.82, 2.24) is 0 Å². The molecular formula is C13H17NO2. The summed E-state index contributed by atoms with van der Waals surface area (Å²) >= 11 is 0. The predicted molar refractivity (Wildman–Crippen MR) is 62.3 cm³/mol. The maximum absolute atomic E-state index is 10.7. The highest BCUT2D eigenvalue weighted by Crippen LogP contribution is 2.33. The Balaban J connectivity index is 2.21. The summed E-state index contributed by atoms with van der Waals surface area (Å²) in [5.74, 6) is -0.600. The standard InChI is InChI=1S/C13H17NO2/c14-12(8-13(15)16)11-7-3-5-9-4-1-2-6-10(9)11/h1-2,4,6,11-12H,3,5,7-8,14H2,(H,15,16). The first-order chi connectivity index (χ1) is 7.68. The fourth-order valence-corrected chi connectivity index (χ4v) is 2.58. The highest BCUT2D eigenvalue weighted by Gasteiger charge is 2.26. The fourth-order valence-electron chi connectivity index (χ4n) is 2.58. The molecule has 2 rings (SSSR count). The van der Waals surface area contributed by atoms with Crippen molar-refractivity contribution in [1.29, 1.82) is 0 Å². The Morgan fingerprint density at radius 2 is 2.25 bits per heavy atom. The number of carbonyl (C=O) groups is 1. The van der Waals surface area contributed by atoms with Crippen LogP contribution in [0.1, 0.15) is 36.3 Å². The summed E-state index contributed by atoms with van der Waals surface area (Å²) < 4.78 is 0. The molecule has 1 aromatic rings. The van der Waals surface area contributed by atoms with Gasteiger partial charge in [-0.25, -0.2) is 0 Å². The summed E-state index contributed by atoms with van der Waals surface area (Å²) in [5, 5.41) is 8.78. The third kappa shape index (κ3) is 2.25. The van der Waals surface area contributed by atoms with Crippen LogP contribution >= 0.6 is 0 Å². The number of rotatable bonds is 3. The van der Waals surface area contributed by atoms with Gasteiger partial charge in [0.2, 0.25) is 0 Å². The third-order valence-corrected chi connectivity index (χ3v) is 3.34. The van der Waals surface area contributed by atoms with Crippen LogP contribution < -0.4 is 5.73 Å². The molecule has 1 aromatic carbocycles. The van der Waals surface area contributed by atoms with Crippen molar-refractivity contribution in [3.05, 3.63) is 35.4 Å². The van der Waals surface area contributed by atoms with Crippen molar-refractivity contribution >= 4 is 5.97 Å². The molecule has 2 unspecified atom stereocenters. The molecule has 2 atom stereocenters. The molecule has 3 nitrogen and oxygen atoms in total. The van der Waals surface area contributed by atoms with E-state index in [0.717, 1.165) is 19.3 Å². The van der Waals surface area contributed by atoms with E-state index >= 15 is 0 Å². The smallest absolute Gasteiger partial charge is 0.304 e. The van der Waals surface area contributed by atoms with Crippen molar-refractivity contribution < 1.29 is 9.90 Å². The van der Waals surface area contributed by atoms with Gasteiger partial charge in [-0.05, 0) is 36.3 Å². The topological polar surface area (TPSA) is 63.3 Å². The van der Waals surface area contributed by atoms with Crippen molar-refractivity contribution in [2.24, 2.45) is 5.73 Å². The van der Waals surface area contributed by atoms with Crippen molar-refractivity contribution in [2.45, 2.75) is 37.6 Å². The highest BCUT2D eigenvalue weighted by molar-refractivity contribution is 5.67. The lowest BCUT2D eigenvalue weighted by Crippen LogP contribution is -2.33. The molecule has 3 N–H and O–H groups in total. The molecule has 1 aliphatic rings. The number of aryl methyl sites for hydroxylation is 1. The minimum Gasteiger partial charge on any atom is -0.481 e. The van der Waals surface area contributed by atoms with E-state index in [1.54, 1.807) is 0 Å². The molecule has 3 heteroatoms. The van der Waals surface area contributed by atoms with E-state index in [-0.39, 0.29) is 18.4 Å². The minimum atomic E-state index is -0.810. The lowest BCUT2D eigenvalue weighted by Gasteiger charge is -2.29. The lowest BCUT2D eigenvalue weighted by molar-refractivity contribution is -0.137. The Kier molecular flexibility index (Phi) is 3.25. The van der Waals surface area contributed by atoms with Gasteiger partial charge >= 0.3 is 5.97 Å². The van der Waals surface area contributed by atoms with Crippen LogP contribution in [0.15, 0.2) is 24.3 Å². The summed E-state index contributed by atoms with van der Waals surface area (Å²) in [7, 11) is 0. The zero-order valence-corrected chi connectivity index (χ0v) is 9.23. The molecule has 1 aliphatic carbocycles. The summed E-state index contributed by atoms with van der Waals surface area (Å²) in [6.07, 6.45) is 3.26. The number of aliphatic carboxylic acids is 1. The molecule has 0 heterocycles. The minimum absolute atomic E-state index is 0.0546. The van der Waals surface area contributed by atoms with Crippen molar-refractivity contribution in [2.75, 3.05) is 0 Å². The van der Waals surface area contributed by atoms with Crippen LogP contribution in [0.25, 0.3) is 0 Å². The Bertz CT molecular complexity index is 389. The first-order valence-corrected chi connectivity index (χ1v) is 5.73. The molecule has 0 bridgehead atoms. The van der Waals surface area contributed by atoms with Gasteiger partial charge in [-0.15, -0.1) is 0 Å². The van der Waals surface area contributed by atoms with E-state index in [1.807, 2.05) is 12.1 Å². The molecule has 0 spiro atoms. The maximum Gasteiger partial charge on any atom is 0.304 e. The largest absolute Gasteiger partial charge is 0.481 e. The van der Waals surface area contributed by atoms with E-state index < -0.39 is 5.97 Å². The van der Waals surface area contributed by atoms with E-state index in [1.165, 1.54) is 11.1 Å². The normalized spacial score (nSPS) is 21.2. The van der Waals surface area contributed by atoms with Crippen LogP contribution in [0, 0.1) is 0 Å². The molecule has 0 saturated carbocycles. The summed E-state index contributed by atoms with van der Waals surface area (Å²) in [6, 6.07) is 7.98. The summed E-state index contributed by atoms with van der Waals surface area (Å²) in [5.41, 5.74) is 8.57. The van der Waals surface area contributed by atoms with Gasteiger partial charge in [-0.2, -0.15) is 0 Å². The molecular weight excluding hydrogens is 202 g/mol. The van der Waals surface area contributed by atoms with Gasteiger partial charge in [0.05, 0.1) is 6.42 Å². The van der Waals surface area contributed by atoms with Gasteiger partial charge in [-0.3, -0.25) is 4.79 Å². The number of fused-ring (bicyclic) bond motifs is 1. The van der Waals surface area contributed by atoms with Crippen LogP contribution in [0.4, 0.5) is 0 Å². The Hall–Kier alpha value is -1.35. The average Bonchev–Trinajstić information content (AvgIpc) is 2.27. The Morgan fingerprint density at radius 1 is 1.50 bits per heavy atom. The van der Waals surface area contributed by atoms with Gasteiger partial charge in [0, 0.05) is 6.04 Å². The predicted octanol–water partition coefficient (Wildman–Crippen LogP) is 1.91. The molecule has 86 valence electrons. The van der Waals surface area contributed by atoms with Crippen LogP contribution in [0.5, 0.6) is 0 Å². The van der Waals surface area contributed by atoms with Gasteiger partial charge in [0.1, 0.15) is 0 Å². The highest BCUT2D eigenvalue weighted by atomic mass is 16.4. The first-order valence-electron chi connectivity index (χ1n) is 5.73. The van der Waals surface area contributed by atoms with Crippen molar-refractivity contribution in [3.8, 4) is 0 Å². The number of carboxylic acids is 1. The quantitative estimate of drug-likeness (QED) is 0.816. The van der Waals surface area contributed by atoms with Crippen LogP contribution in [-0.4, -0.2) is 17.1 Å². The first kappa shape index (κ1) is 11.1. The number of hydrogen-bond acceptors (Lipinski definition) is 2. The van der Waals surface area contributed by atoms with Gasteiger partial charge < -0.3 is 10.8 Å². The summed E-state index contributed by atoms with van der Waals surface area (Å²) in [6.45, 7) is 0. The van der Waals surface area contributed by atoms with Gasteiger partial charge in [0.25, 0.3) is 0 Å². The Morgan fingerprint density at radius 3 is 3.00 bits per heavy atom. The summed E-state index contributed by atoms with van der Waals surface area (Å²) in [4.78, 5) is 10.7. The molecule has 0 radical (unpaired) electrons. The van der Waals surface area contributed by atoms with E-state index in [4.69, 9.17) is 10.8 Å². The second kappa shape index (κ2) is 4.66. The SMILES string of the molecule is NC(CC(=O)O)C1CCCc2ccccc21. The zero-order valence-electron chi connectivity index (χ0n) is 9.23. The number of benzene rings is 1. The molecule has 0 amide bonds. The molecule has 0 aromatic heterocycles. The second-order valence-corrected chi connectivity index (χ2v) is 4.46. The maximum atomic E-state index is 10.7. The molecule has 16 heavy (non-hydrogen) atoms. The average molecular weight is 219 g/mol. The van der Waals surface area contributed by atoms with Gasteiger partial charge in [-0.1, -0.05) is 24.3 Å². The second-order valence-electron chi connectivity index (χ2n) is 4.46. The zero-order chi connectivity index (χ0) is 11.5. The van der Waals surface area contributed by atoms with E-state index in [2.05, 4.69) is 12.1 Å². The molecule has 0 aliphatic heterocycles. The molecule has 0 saturated heterocycles. The molecule has 0 fully saturated rings. The van der Waals surface area contributed by atoms with Crippen LogP contribution in [0.3, 0.4) is 0 Å². The Labute approximate surface area is 95.3 Å².